The van der Waals surface area contributed by atoms with E-state index in [4.69, 9.17) is 0 Å². The van der Waals surface area contributed by atoms with Gasteiger partial charge in [-0.1, -0.05) is 200 Å². The van der Waals surface area contributed by atoms with Crippen LogP contribution in [0.5, 0.6) is 0 Å². The van der Waals surface area contributed by atoms with Crippen molar-refractivity contribution in [1.82, 2.24) is 0 Å². The van der Waals surface area contributed by atoms with Crippen molar-refractivity contribution in [1.29, 1.82) is 0 Å². The molecule has 0 spiro atoms. The van der Waals surface area contributed by atoms with Gasteiger partial charge in [-0.15, -0.1) is 0 Å². The Hall–Kier alpha value is -5.95. The summed E-state index contributed by atoms with van der Waals surface area (Å²) in [6.07, 6.45) is 0. The van der Waals surface area contributed by atoms with E-state index in [0.717, 1.165) is 17.1 Å². The Kier molecular flexibility index (Phi) is 9.86. The minimum absolute atomic E-state index is 1.11. The highest BCUT2D eigenvalue weighted by molar-refractivity contribution is 8.05. The average Bonchev–Trinajstić information content (AvgIpc) is 3.32. The van der Waals surface area contributed by atoms with Crippen LogP contribution in [-0.2, 0) is 0 Å². The molecule has 61 heavy (non-hydrogen) atoms. The highest BCUT2D eigenvalue weighted by Gasteiger charge is 2.36. The highest BCUT2D eigenvalue weighted by Crippen LogP contribution is 2.52. The fraction of sp³-hybridized carbons (Fsp3) is 0.0357. The van der Waals surface area contributed by atoms with Crippen LogP contribution in [0.2, 0.25) is 13.1 Å². The van der Waals surface area contributed by atoms with Gasteiger partial charge in [0.25, 0.3) is 0 Å². The smallest absolute Gasteiger partial charge is 0.115 e. The van der Waals surface area contributed by atoms with Gasteiger partial charge in [0.05, 0.1) is 0 Å². The van der Waals surface area contributed by atoms with Crippen LogP contribution in [0.3, 0.4) is 0 Å². The third-order valence-corrected chi connectivity index (χ3v) is 19.8. The van der Waals surface area contributed by atoms with Gasteiger partial charge in [-0.2, -0.15) is 0 Å². The molecule has 0 fully saturated rings. The Balaban J connectivity index is 0.950. The standard InChI is InChI=1S/C56H41NS3Si/c1-61(2)53-20-9-8-18-51(53)60-56-48(15-11-21-54(56)61)43-30-36-46(37-31-43)57(44-32-26-41(27-33-44)40-24-22-39(23-25-40)38-12-4-3-5-13-38)45-34-28-42(29-35-45)47-14-10-19-52-55(47)59-50-17-7-6-16-49(50)58-52/h3-37H,1-2H3. The molecule has 1 nitrogen and oxygen atoms in total. The molecule has 5 heteroatoms. The molecule has 9 aromatic carbocycles. The molecular formula is C56H41NS3Si. The van der Waals surface area contributed by atoms with Gasteiger partial charge in [0.1, 0.15) is 8.07 Å². The van der Waals surface area contributed by atoms with Crippen LogP contribution in [0.1, 0.15) is 0 Å². The maximum Gasteiger partial charge on any atom is 0.115 e. The topological polar surface area (TPSA) is 3.24 Å². The summed E-state index contributed by atoms with van der Waals surface area (Å²) in [5.41, 5.74) is 13.2. The van der Waals surface area contributed by atoms with Crippen molar-refractivity contribution in [2.24, 2.45) is 0 Å². The zero-order valence-electron chi connectivity index (χ0n) is 33.9. The van der Waals surface area contributed by atoms with Crippen molar-refractivity contribution in [2.45, 2.75) is 42.5 Å². The van der Waals surface area contributed by atoms with Crippen LogP contribution in [0, 0.1) is 0 Å². The van der Waals surface area contributed by atoms with E-state index < -0.39 is 8.07 Å². The maximum atomic E-state index is 2.49. The molecule has 0 unspecified atom stereocenters. The second kappa shape index (κ2) is 15.8. The van der Waals surface area contributed by atoms with Crippen LogP contribution in [0.25, 0.3) is 44.5 Å². The molecule has 2 heterocycles. The van der Waals surface area contributed by atoms with E-state index in [0.29, 0.717) is 0 Å². The molecule has 0 aromatic heterocycles. The van der Waals surface area contributed by atoms with Crippen molar-refractivity contribution in [2.75, 3.05) is 4.90 Å². The van der Waals surface area contributed by atoms with E-state index in [2.05, 4.69) is 230 Å². The fourth-order valence-electron chi connectivity index (χ4n) is 8.79. The molecule has 0 N–H and O–H groups in total. The summed E-state index contributed by atoms with van der Waals surface area (Å²) in [4.78, 5) is 10.5. The SMILES string of the molecule is C[Si]1(C)c2ccccc2Sc2c(-c3ccc(N(c4ccc(-c5ccc(-c6ccccc6)cc5)cc4)c4ccc(-c5cccc6c5Sc5ccccc5S6)cc4)cc3)cccc21. The number of benzene rings is 9. The lowest BCUT2D eigenvalue weighted by molar-refractivity contribution is 1.16. The maximum absolute atomic E-state index is 2.49. The number of hydrogen-bond donors (Lipinski definition) is 0. The first-order valence-corrected chi connectivity index (χ1v) is 26.2. The number of hydrogen-bond acceptors (Lipinski definition) is 4. The quantitative estimate of drug-likeness (QED) is 0.147. The lowest BCUT2D eigenvalue weighted by Gasteiger charge is -2.34. The predicted octanol–water partition coefficient (Wildman–Crippen LogP) is 15.7. The van der Waals surface area contributed by atoms with E-state index in [1.165, 1.54) is 84.3 Å². The Morgan fingerprint density at radius 1 is 0.295 bits per heavy atom. The zero-order chi connectivity index (χ0) is 40.9. The third kappa shape index (κ3) is 7.06. The molecule has 2 aliphatic heterocycles. The van der Waals surface area contributed by atoms with E-state index in [-0.39, 0.29) is 0 Å². The van der Waals surface area contributed by atoms with Gasteiger partial charge in [-0.05, 0) is 116 Å². The molecule has 11 rings (SSSR count). The minimum Gasteiger partial charge on any atom is -0.311 e. The van der Waals surface area contributed by atoms with Crippen LogP contribution in [-0.4, -0.2) is 8.07 Å². The van der Waals surface area contributed by atoms with Gasteiger partial charge < -0.3 is 4.90 Å². The molecule has 0 saturated heterocycles. The van der Waals surface area contributed by atoms with Crippen molar-refractivity contribution >= 4 is 70.8 Å². The van der Waals surface area contributed by atoms with Crippen molar-refractivity contribution < 1.29 is 0 Å². The van der Waals surface area contributed by atoms with Crippen molar-refractivity contribution in [3.63, 3.8) is 0 Å². The monoisotopic (exact) mass is 851 g/mol. The van der Waals surface area contributed by atoms with Gasteiger partial charge in [0.15, 0.2) is 0 Å². The fourth-order valence-corrected chi connectivity index (χ4v) is 16.8. The van der Waals surface area contributed by atoms with E-state index in [1.54, 1.807) is 0 Å². The Morgan fingerprint density at radius 2 is 0.689 bits per heavy atom. The molecule has 9 aromatic rings. The molecule has 0 atom stereocenters. The van der Waals surface area contributed by atoms with E-state index in [1.807, 2.05) is 35.3 Å². The Labute approximate surface area is 372 Å². The summed E-state index contributed by atoms with van der Waals surface area (Å²) in [7, 11) is -1.85. The number of anilines is 3. The summed E-state index contributed by atoms with van der Waals surface area (Å²) in [5, 5.41) is 3.06. The predicted molar refractivity (Wildman–Crippen MR) is 265 cm³/mol. The second-order valence-corrected chi connectivity index (χ2v) is 23.6. The Bertz CT molecular complexity index is 3050. The van der Waals surface area contributed by atoms with Crippen molar-refractivity contribution in [3.8, 4) is 44.5 Å². The van der Waals surface area contributed by atoms with Gasteiger partial charge in [0.2, 0.25) is 0 Å². The lowest BCUT2D eigenvalue weighted by atomic mass is 10.00. The van der Waals surface area contributed by atoms with Gasteiger partial charge in [-0.3, -0.25) is 0 Å². The lowest BCUT2D eigenvalue weighted by Crippen LogP contribution is -2.56. The van der Waals surface area contributed by atoms with Crippen LogP contribution in [0.15, 0.2) is 242 Å². The minimum atomic E-state index is -1.85. The van der Waals surface area contributed by atoms with Crippen LogP contribution < -0.4 is 15.3 Å². The van der Waals surface area contributed by atoms with Gasteiger partial charge >= 0.3 is 0 Å². The van der Waals surface area contributed by atoms with Gasteiger partial charge in [-0.25, -0.2) is 0 Å². The third-order valence-electron chi connectivity index (χ3n) is 12.0. The molecule has 292 valence electrons. The summed E-state index contributed by atoms with van der Waals surface area (Å²) in [6, 6.07) is 78.2. The molecule has 0 amide bonds. The van der Waals surface area contributed by atoms with Gasteiger partial charge in [0, 0.05) is 46.4 Å². The summed E-state index contributed by atoms with van der Waals surface area (Å²) < 4.78 is 0. The summed E-state index contributed by atoms with van der Waals surface area (Å²) in [5.74, 6) is 0. The summed E-state index contributed by atoms with van der Waals surface area (Å²) in [6.45, 7) is 4.99. The summed E-state index contributed by atoms with van der Waals surface area (Å²) >= 11 is 5.68. The molecule has 0 aliphatic carbocycles. The first kappa shape index (κ1) is 38.0. The number of rotatable bonds is 7. The molecule has 0 saturated carbocycles. The average molecular weight is 852 g/mol. The first-order chi connectivity index (χ1) is 30.0. The molecule has 0 radical (unpaired) electrons. The molecular weight excluding hydrogens is 811 g/mol. The number of nitrogens with zero attached hydrogens (tertiary/aromatic N) is 1. The highest BCUT2D eigenvalue weighted by atomic mass is 32.2. The zero-order valence-corrected chi connectivity index (χ0v) is 37.3. The van der Waals surface area contributed by atoms with E-state index >= 15 is 0 Å². The second-order valence-electron chi connectivity index (χ2n) is 16.1. The molecule has 2 aliphatic rings. The first-order valence-electron chi connectivity index (χ1n) is 20.7. The normalized spacial score (nSPS) is 13.3. The van der Waals surface area contributed by atoms with E-state index in [9.17, 15) is 0 Å². The Morgan fingerprint density at radius 3 is 1.28 bits per heavy atom. The number of fused-ring (bicyclic) bond motifs is 4. The largest absolute Gasteiger partial charge is 0.311 e. The van der Waals surface area contributed by atoms with Crippen molar-refractivity contribution in [3.05, 3.63) is 212 Å². The van der Waals surface area contributed by atoms with Crippen LogP contribution in [0.4, 0.5) is 17.1 Å². The van der Waals surface area contributed by atoms with Crippen LogP contribution >= 0.6 is 35.3 Å². The molecule has 0 bridgehead atoms.